The second-order valence-corrected chi connectivity index (χ2v) is 5.39. The molecule has 0 spiro atoms. The highest BCUT2D eigenvalue weighted by molar-refractivity contribution is 6.05. The number of nitrogens with zero attached hydrogens (tertiary/aromatic N) is 4. The molecule has 0 bridgehead atoms. The molecule has 0 fully saturated rings. The molecular formula is C17H13N5O4. The fourth-order valence-electron chi connectivity index (χ4n) is 2.36. The number of nitro benzene ring substituents is 1. The average Bonchev–Trinajstić information content (AvgIpc) is 3.15. The summed E-state index contributed by atoms with van der Waals surface area (Å²) in [5.41, 5.74) is 0.901. The molecule has 0 saturated heterocycles. The molecule has 0 atom stereocenters. The lowest BCUT2D eigenvalue weighted by Crippen LogP contribution is -2.13. The van der Waals surface area contributed by atoms with Crippen molar-refractivity contribution in [2.24, 2.45) is 0 Å². The summed E-state index contributed by atoms with van der Waals surface area (Å²) in [6.45, 7) is 1.42. The van der Waals surface area contributed by atoms with Crippen LogP contribution in [0.3, 0.4) is 0 Å². The van der Waals surface area contributed by atoms with Gasteiger partial charge in [0.25, 0.3) is 11.6 Å². The Balaban J connectivity index is 1.90. The molecule has 1 heterocycles. The second kappa shape index (κ2) is 6.93. The van der Waals surface area contributed by atoms with E-state index in [-0.39, 0.29) is 22.7 Å². The zero-order valence-corrected chi connectivity index (χ0v) is 13.6. The van der Waals surface area contributed by atoms with E-state index in [1.54, 1.807) is 24.3 Å². The van der Waals surface area contributed by atoms with Crippen molar-refractivity contribution in [2.45, 2.75) is 6.92 Å². The maximum Gasteiger partial charge on any atom is 0.295 e. The molecule has 1 N–H and O–H groups in total. The molecule has 1 amide bonds. The molecule has 3 aromatic rings. The van der Waals surface area contributed by atoms with Crippen molar-refractivity contribution in [3.05, 3.63) is 76.4 Å². The Bertz CT molecular complexity index is 998. The highest BCUT2D eigenvalue weighted by Crippen LogP contribution is 2.24. The maximum atomic E-state index is 12.4. The van der Waals surface area contributed by atoms with Crippen LogP contribution in [0.15, 0.2) is 55.1 Å². The molecule has 9 nitrogen and oxygen atoms in total. The molecule has 0 aliphatic carbocycles. The van der Waals surface area contributed by atoms with Crippen LogP contribution < -0.4 is 5.32 Å². The number of anilines is 1. The molecule has 0 aliphatic rings. The van der Waals surface area contributed by atoms with Crippen molar-refractivity contribution in [3.8, 4) is 5.69 Å². The van der Waals surface area contributed by atoms with E-state index in [2.05, 4.69) is 15.4 Å². The van der Waals surface area contributed by atoms with Crippen LogP contribution in [0, 0.1) is 10.1 Å². The van der Waals surface area contributed by atoms with E-state index in [9.17, 15) is 19.7 Å². The number of hydrogen-bond acceptors (Lipinski definition) is 6. The second-order valence-electron chi connectivity index (χ2n) is 5.39. The SMILES string of the molecule is CC(=O)c1cccc(NC(=O)c2ccc(-n3cncn3)c([N+](=O)[O-])c2)c1. The number of nitro groups is 1. The van der Waals surface area contributed by atoms with E-state index in [1.165, 1.54) is 42.5 Å². The first kappa shape index (κ1) is 17.0. The average molecular weight is 351 g/mol. The van der Waals surface area contributed by atoms with Gasteiger partial charge in [0.2, 0.25) is 0 Å². The summed E-state index contributed by atoms with van der Waals surface area (Å²) < 4.78 is 1.25. The maximum absolute atomic E-state index is 12.4. The molecule has 0 aliphatic heterocycles. The van der Waals surface area contributed by atoms with Crippen molar-refractivity contribution in [3.63, 3.8) is 0 Å². The van der Waals surface area contributed by atoms with Crippen molar-refractivity contribution < 1.29 is 14.5 Å². The van der Waals surface area contributed by atoms with Gasteiger partial charge >= 0.3 is 0 Å². The number of Topliss-reactive ketones (excluding diaryl/α,β-unsaturated/α-hetero) is 1. The first-order valence-electron chi connectivity index (χ1n) is 7.51. The predicted octanol–water partition coefficient (Wildman–Crippen LogP) is 2.63. The first-order valence-corrected chi connectivity index (χ1v) is 7.51. The van der Waals surface area contributed by atoms with Gasteiger partial charge in [-0.3, -0.25) is 19.7 Å². The van der Waals surface area contributed by atoms with E-state index in [0.717, 1.165) is 0 Å². The number of aromatic nitrogens is 3. The van der Waals surface area contributed by atoms with Gasteiger partial charge in [-0.2, -0.15) is 5.10 Å². The Kier molecular flexibility index (Phi) is 4.52. The Labute approximate surface area is 147 Å². The Morgan fingerprint density at radius 1 is 1.15 bits per heavy atom. The van der Waals surface area contributed by atoms with E-state index < -0.39 is 10.8 Å². The van der Waals surface area contributed by atoms with Gasteiger partial charge in [0, 0.05) is 22.9 Å². The zero-order chi connectivity index (χ0) is 18.7. The summed E-state index contributed by atoms with van der Waals surface area (Å²) in [4.78, 5) is 38.3. The topological polar surface area (TPSA) is 120 Å². The Morgan fingerprint density at radius 2 is 1.96 bits per heavy atom. The molecule has 130 valence electrons. The molecule has 26 heavy (non-hydrogen) atoms. The predicted molar refractivity (Wildman–Crippen MR) is 92.4 cm³/mol. The Hall–Kier alpha value is -3.88. The fraction of sp³-hybridized carbons (Fsp3) is 0.0588. The normalized spacial score (nSPS) is 10.3. The largest absolute Gasteiger partial charge is 0.322 e. The van der Waals surface area contributed by atoms with Gasteiger partial charge in [-0.05, 0) is 31.2 Å². The summed E-state index contributed by atoms with van der Waals surface area (Å²) in [6.07, 6.45) is 2.59. The van der Waals surface area contributed by atoms with Gasteiger partial charge in [-0.15, -0.1) is 0 Å². The van der Waals surface area contributed by atoms with Crippen molar-refractivity contribution in [2.75, 3.05) is 5.32 Å². The van der Waals surface area contributed by atoms with Crippen molar-refractivity contribution in [1.82, 2.24) is 14.8 Å². The highest BCUT2D eigenvalue weighted by atomic mass is 16.6. The lowest BCUT2D eigenvalue weighted by molar-refractivity contribution is -0.384. The molecule has 0 radical (unpaired) electrons. The molecule has 3 rings (SSSR count). The van der Waals surface area contributed by atoms with Gasteiger partial charge in [-0.25, -0.2) is 9.67 Å². The van der Waals surface area contributed by atoms with E-state index in [1.807, 2.05) is 0 Å². The van der Waals surface area contributed by atoms with Crippen LogP contribution in [0.4, 0.5) is 11.4 Å². The lowest BCUT2D eigenvalue weighted by Gasteiger charge is -2.08. The molecular weight excluding hydrogens is 338 g/mol. The number of nitrogens with one attached hydrogen (secondary N) is 1. The molecule has 2 aromatic carbocycles. The molecule has 9 heteroatoms. The van der Waals surface area contributed by atoms with E-state index >= 15 is 0 Å². The number of carbonyl (C=O) groups excluding carboxylic acids is 2. The van der Waals surface area contributed by atoms with Crippen LogP contribution in [-0.4, -0.2) is 31.4 Å². The van der Waals surface area contributed by atoms with Crippen LogP contribution in [0.2, 0.25) is 0 Å². The number of benzene rings is 2. The third kappa shape index (κ3) is 3.46. The molecule has 0 unspecified atom stereocenters. The van der Waals surface area contributed by atoms with Gasteiger partial charge in [-0.1, -0.05) is 12.1 Å². The minimum atomic E-state index is -0.593. The summed E-state index contributed by atoms with van der Waals surface area (Å²) in [5.74, 6) is -0.659. The van der Waals surface area contributed by atoms with Gasteiger partial charge in [0.15, 0.2) is 5.78 Å². The quantitative estimate of drug-likeness (QED) is 0.428. The first-order chi connectivity index (χ1) is 12.5. The number of hydrogen-bond donors (Lipinski definition) is 1. The lowest BCUT2D eigenvalue weighted by atomic mass is 10.1. The van der Waals surface area contributed by atoms with Gasteiger partial charge in [0.1, 0.15) is 18.3 Å². The summed E-state index contributed by atoms with van der Waals surface area (Å²) in [7, 11) is 0. The standard InChI is InChI=1S/C17H13N5O4/c1-11(23)12-3-2-4-14(7-12)20-17(24)13-5-6-15(16(8-13)22(25)26)21-10-18-9-19-21/h2-10H,1H3,(H,20,24). The highest BCUT2D eigenvalue weighted by Gasteiger charge is 2.19. The minimum Gasteiger partial charge on any atom is -0.322 e. The Morgan fingerprint density at radius 3 is 2.62 bits per heavy atom. The summed E-state index contributed by atoms with van der Waals surface area (Å²) in [5, 5.41) is 17.8. The smallest absolute Gasteiger partial charge is 0.295 e. The van der Waals surface area contributed by atoms with E-state index in [4.69, 9.17) is 0 Å². The van der Waals surface area contributed by atoms with Crippen LogP contribution >= 0.6 is 0 Å². The van der Waals surface area contributed by atoms with Crippen molar-refractivity contribution in [1.29, 1.82) is 0 Å². The third-order valence-electron chi connectivity index (χ3n) is 3.63. The van der Waals surface area contributed by atoms with Crippen molar-refractivity contribution >= 4 is 23.1 Å². The molecule has 1 aromatic heterocycles. The molecule has 0 saturated carbocycles. The number of ketones is 1. The van der Waals surface area contributed by atoms with Crippen LogP contribution in [0.25, 0.3) is 5.69 Å². The van der Waals surface area contributed by atoms with Crippen LogP contribution in [0.5, 0.6) is 0 Å². The van der Waals surface area contributed by atoms with E-state index in [0.29, 0.717) is 11.3 Å². The monoisotopic (exact) mass is 351 g/mol. The fourth-order valence-corrected chi connectivity index (χ4v) is 2.36. The number of carbonyl (C=O) groups is 2. The number of amides is 1. The third-order valence-corrected chi connectivity index (χ3v) is 3.63. The summed E-state index contributed by atoms with van der Waals surface area (Å²) in [6, 6.07) is 10.5. The zero-order valence-electron chi connectivity index (χ0n) is 13.6. The van der Waals surface area contributed by atoms with Crippen LogP contribution in [0.1, 0.15) is 27.6 Å². The number of rotatable bonds is 5. The summed E-state index contributed by atoms with van der Waals surface area (Å²) >= 11 is 0. The minimum absolute atomic E-state index is 0.105. The van der Waals surface area contributed by atoms with Crippen LogP contribution in [-0.2, 0) is 0 Å². The van der Waals surface area contributed by atoms with Gasteiger partial charge < -0.3 is 5.32 Å². The van der Waals surface area contributed by atoms with Gasteiger partial charge in [0.05, 0.1) is 4.92 Å².